The zero-order valence-electron chi connectivity index (χ0n) is 7.32. The van der Waals surface area contributed by atoms with Crippen LogP contribution in [0.15, 0.2) is 24.3 Å². The van der Waals surface area contributed by atoms with Gasteiger partial charge in [0, 0.05) is 5.56 Å². The van der Waals surface area contributed by atoms with Gasteiger partial charge in [0.2, 0.25) is 0 Å². The summed E-state index contributed by atoms with van der Waals surface area (Å²) < 4.78 is 36.4. The van der Waals surface area contributed by atoms with Crippen molar-refractivity contribution >= 4 is 5.97 Å². The van der Waals surface area contributed by atoms with Crippen LogP contribution in [0.5, 0.6) is 0 Å². The van der Waals surface area contributed by atoms with Crippen molar-refractivity contribution < 1.29 is 28.2 Å². The van der Waals surface area contributed by atoms with E-state index in [4.69, 9.17) is 10.2 Å². The van der Waals surface area contributed by atoms with E-state index in [1.807, 2.05) is 0 Å². The van der Waals surface area contributed by atoms with Crippen LogP contribution < -0.4 is 0 Å². The predicted molar refractivity (Wildman–Crippen MR) is 44.4 cm³/mol. The third-order valence-corrected chi connectivity index (χ3v) is 1.80. The van der Waals surface area contributed by atoms with Crippen LogP contribution in [0.3, 0.4) is 0 Å². The number of aliphatic hydroxyl groups excluding tert-OH is 1. The maximum absolute atomic E-state index is 12.1. The average Bonchev–Trinajstić information content (AvgIpc) is 2.15. The Labute approximate surface area is 82.8 Å². The van der Waals surface area contributed by atoms with Crippen molar-refractivity contribution in [3.8, 4) is 0 Å². The zero-order chi connectivity index (χ0) is 11.6. The van der Waals surface area contributed by atoms with Crippen LogP contribution in [0.1, 0.15) is 22.0 Å². The fourth-order valence-electron chi connectivity index (χ4n) is 1.11. The summed E-state index contributed by atoms with van der Waals surface area (Å²) in [6, 6.07) is 4.46. The molecular formula is C9H7F3O3. The van der Waals surface area contributed by atoms with Crippen LogP contribution in [0.2, 0.25) is 0 Å². The van der Waals surface area contributed by atoms with Crippen molar-refractivity contribution in [3.05, 3.63) is 35.4 Å². The van der Waals surface area contributed by atoms with Crippen LogP contribution in [0.4, 0.5) is 13.2 Å². The second kappa shape index (κ2) is 3.90. The van der Waals surface area contributed by atoms with Gasteiger partial charge in [0.25, 0.3) is 0 Å². The maximum atomic E-state index is 12.1. The zero-order valence-corrected chi connectivity index (χ0v) is 7.32. The summed E-state index contributed by atoms with van der Waals surface area (Å²) in [5, 5.41) is 17.5. The lowest BCUT2D eigenvalue weighted by molar-refractivity contribution is -0.206. The molecule has 0 heterocycles. The quantitative estimate of drug-likeness (QED) is 0.801. The summed E-state index contributed by atoms with van der Waals surface area (Å²) >= 11 is 0. The molecule has 1 aromatic carbocycles. The Kier molecular flexibility index (Phi) is 2.99. The Hall–Kier alpha value is -1.56. The highest BCUT2D eigenvalue weighted by molar-refractivity contribution is 5.89. The van der Waals surface area contributed by atoms with Gasteiger partial charge in [-0.15, -0.1) is 0 Å². The summed E-state index contributed by atoms with van der Waals surface area (Å²) in [6.45, 7) is 0. The minimum atomic E-state index is -4.87. The molecule has 0 aliphatic heterocycles. The van der Waals surface area contributed by atoms with Crippen molar-refractivity contribution in [2.45, 2.75) is 12.3 Å². The van der Waals surface area contributed by atoms with E-state index in [1.165, 1.54) is 12.1 Å². The molecule has 3 nitrogen and oxygen atoms in total. The van der Waals surface area contributed by atoms with Gasteiger partial charge in [0.1, 0.15) is 0 Å². The highest BCUT2D eigenvalue weighted by Gasteiger charge is 2.41. The molecule has 15 heavy (non-hydrogen) atoms. The van der Waals surface area contributed by atoms with Crippen LogP contribution in [-0.4, -0.2) is 22.4 Å². The van der Waals surface area contributed by atoms with E-state index in [2.05, 4.69) is 0 Å². The molecule has 0 radical (unpaired) electrons. The SMILES string of the molecule is O=C(O)c1ccccc1[C@@H](O)C(F)(F)F. The number of halogens is 3. The molecule has 0 fully saturated rings. The van der Waals surface area contributed by atoms with Crippen molar-refractivity contribution in [2.24, 2.45) is 0 Å². The highest BCUT2D eigenvalue weighted by Crippen LogP contribution is 2.33. The van der Waals surface area contributed by atoms with Crippen LogP contribution in [0, 0.1) is 0 Å². The average molecular weight is 220 g/mol. The molecule has 82 valence electrons. The Morgan fingerprint density at radius 2 is 1.80 bits per heavy atom. The summed E-state index contributed by atoms with van der Waals surface area (Å²) in [5.74, 6) is -1.51. The van der Waals surface area contributed by atoms with E-state index in [0.717, 1.165) is 12.1 Å². The molecule has 0 amide bonds. The molecule has 1 aromatic rings. The van der Waals surface area contributed by atoms with E-state index in [-0.39, 0.29) is 0 Å². The van der Waals surface area contributed by atoms with Gasteiger partial charge in [-0.3, -0.25) is 0 Å². The number of carboxylic acids is 1. The van der Waals surface area contributed by atoms with E-state index in [9.17, 15) is 18.0 Å². The molecule has 0 aromatic heterocycles. The van der Waals surface area contributed by atoms with Gasteiger partial charge in [-0.2, -0.15) is 13.2 Å². The molecule has 2 N–H and O–H groups in total. The molecule has 0 bridgehead atoms. The first kappa shape index (κ1) is 11.5. The Morgan fingerprint density at radius 1 is 1.27 bits per heavy atom. The third-order valence-electron chi connectivity index (χ3n) is 1.80. The first-order valence-corrected chi connectivity index (χ1v) is 3.91. The first-order valence-electron chi connectivity index (χ1n) is 3.91. The summed E-state index contributed by atoms with van der Waals surface area (Å²) in [6.07, 6.45) is -7.64. The van der Waals surface area contributed by atoms with Crippen LogP contribution >= 0.6 is 0 Å². The lowest BCUT2D eigenvalue weighted by Crippen LogP contribution is -2.22. The van der Waals surface area contributed by atoms with Crippen molar-refractivity contribution in [3.63, 3.8) is 0 Å². The minimum Gasteiger partial charge on any atom is -0.478 e. The number of hydrogen-bond donors (Lipinski definition) is 2. The molecule has 0 spiro atoms. The number of hydrogen-bond acceptors (Lipinski definition) is 2. The minimum absolute atomic E-state index is 0.553. The van der Waals surface area contributed by atoms with Crippen LogP contribution in [0.25, 0.3) is 0 Å². The monoisotopic (exact) mass is 220 g/mol. The fourth-order valence-corrected chi connectivity index (χ4v) is 1.11. The van der Waals surface area contributed by atoms with Gasteiger partial charge in [-0.05, 0) is 6.07 Å². The number of aliphatic hydroxyl groups is 1. The second-order valence-electron chi connectivity index (χ2n) is 2.84. The second-order valence-corrected chi connectivity index (χ2v) is 2.84. The van der Waals surface area contributed by atoms with E-state index < -0.39 is 29.4 Å². The van der Waals surface area contributed by atoms with Gasteiger partial charge in [0.05, 0.1) is 5.56 Å². The highest BCUT2D eigenvalue weighted by atomic mass is 19.4. The molecular weight excluding hydrogens is 213 g/mol. The normalized spacial score (nSPS) is 13.6. The molecule has 0 aliphatic carbocycles. The van der Waals surface area contributed by atoms with E-state index in [0.29, 0.717) is 0 Å². The standard InChI is InChI=1S/C9H7F3O3/c10-9(11,12)7(13)5-3-1-2-4-6(5)8(14)15/h1-4,7,13H,(H,14,15)/t7-/m1/s1. The number of aromatic carboxylic acids is 1. The molecule has 1 rings (SSSR count). The molecule has 6 heteroatoms. The summed E-state index contributed by atoms with van der Waals surface area (Å²) in [4.78, 5) is 10.6. The van der Waals surface area contributed by atoms with Gasteiger partial charge < -0.3 is 10.2 Å². The van der Waals surface area contributed by atoms with E-state index >= 15 is 0 Å². The lowest BCUT2D eigenvalue weighted by atomic mass is 10.0. The number of carboxylic acid groups (broad SMARTS) is 1. The predicted octanol–water partition coefficient (Wildman–Crippen LogP) is 1.98. The smallest absolute Gasteiger partial charge is 0.418 e. The van der Waals surface area contributed by atoms with Crippen LogP contribution in [-0.2, 0) is 0 Å². The summed E-state index contributed by atoms with van der Waals surface area (Å²) in [5.41, 5.74) is -1.21. The molecule has 0 saturated carbocycles. The Morgan fingerprint density at radius 3 is 2.27 bits per heavy atom. The first-order chi connectivity index (χ1) is 6.84. The Balaban J connectivity index is 3.19. The summed E-state index contributed by atoms with van der Waals surface area (Å²) in [7, 11) is 0. The van der Waals surface area contributed by atoms with Gasteiger partial charge in [0.15, 0.2) is 6.10 Å². The van der Waals surface area contributed by atoms with Gasteiger partial charge in [-0.1, -0.05) is 18.2 Å². The lowest BCUT2D eigenvalue weighted by Gasteiger charge is -2.16. The number of alkyl halides is 3. The van der Waals surface area contributed by atoms with Gasteiger partial charge in [-0.25, -0.2) is 4.79 Å². The molecule has 0 unspecified atom stereocenters. The maximum Gasteiger partial charge on any atom is 0.418 e. The number of benzene rings is 1. The molecule has 0 saturated heterocycles. The van der Waals surface area contributed by atoms with Gasteiger partial charge >= 0.3 is 12.1 Å². The van der Waals surface area contributed by atoms with Crippen molar-refractivity contribution in [1.29, 1.82) is 0 Å². The number of rotatable bonds is 2. The van der Waals surface area contributed by atoms with Crippen molar-refractivity contribution in [2.75, 3.05) is 0 Å². The largest absolute Gasteiger partial charge is 0.478 e. The Bertz CT molecular complexity index is 373. The molecule has 1 atom stereocenters. The topological polar surface area (TPSA) is 57.5 Å². The third kappa shape index (κ3) is 2.47. The molecule has 0 aliphatic rings. The fraction of sp³-hybridized carbons (Fsp3) is 0.222. The van der Waals surface area contributed by atoms with E-state index in [1.54, 1.807) is 0 Å². The number of carbonyl (C=O) groups is 1. The van der Waals surface area contributed by atoms with Crippen molar-refractivity contribution in [1.82, 2.24) is 0 Å².